The third-order valence-corrected chi connectivity index (χ3v) is 5.55. The monoisotopic (exact) mass is 468 g/mol. The second-order valence-corrected chi connectivity index (χ2v) is 7.25. The van der Waals surface area contributed by atoms with Crippen LogP contribution in [-0.2, 0) is 7.05 Å². The van der Waals surface area contributed by atoms with E-state index in [4.69, 9.17) is 0 Å². The summed E-state index contributed by atoms with van der Waals surface area (Å²) in [6.45, 7) is 0. The maximum atomic E-state index is 13.8. The molecule has 0 saturated carbocycles. The van der Waals surface area contributed by atoms with Crippen molar-refractivity contribution in [3.8, 4) is 22.5 Å². The molecular formula is C22H15BrF2N4O. The van der Waals surface area contributed by atoms with Crippen molar-refractivity contribution in [2.24, 2.45) is 7.05 Å². The summed E-state index contributed by atoms with van der Waals surface area (Å²) < 4.78 is 30.4. The highest BCUT2D eigenvalue weighted by Gasteiger charge is 2.18. The number of carbonyl (C=O) groups is 1. The minimum atomic E-state index is -0.945. The van der Waals surface area contributed by atoms with Crippen LogP contribution in [-0.4, -0.2) is 20.4 Å². The average molecular weight is 469 g/mol. The van der Waals surface area contributed by atoms with E-state index in [9.17, 15) is 13.6 Å². The molecule has 1 amide bonds. The number of amides is 1. The number of aromatic nitrogens is 3. The lowest BCUT2D eigenvalue weighted by Crippen LogP contribution is -2.16. The fourth-order valence-corrected chi connectivity index (χ4v) is 3.60. The highest BCUT2D eigenvalue weighted by molar-refractivity contribution is 9.10. The molecule has 30 heavy (non-hydrogen) atoms. The molecule has 4 aromatic rings. The predicted octanol–water partition coefficient (Wildman–Crippen LogP) is 5.44. The van der Waals surface area contributed by atoms with E-state index in [1.807, 2.05) is 48.0 Å². The summed E-state index contributed by atoms with van der Waals surface area (Å²) in [5, 5.41) is 2.37. The largest absolute Gasteiger partial charge is 0.337 e. The average Bonchev–Trinajstić information content (AvgIpc) is 3.04. The highest BCUT2D eigenvalue weighted by atomic mass is 79.9. The van der Waals surface area contributed by atoms with Crippen molar-refractivity contribution in [2.45, 2.75) is 0 Å². The Labute approximate surface area is 179 Å². The van der Waals surface area contributed by atoms with Crippen LogP contribution in [0.15, 0.2) is 71.6 Å². The van der Waals surface area contributed by atoms with Gasteiger partial charge in [0.25, 0.3) is 5.91 Å². The van der Waals surface area contributed by atoms with Gasteiger partial charge in [-0.05, 0) is 39.7 Å². The van der Waals surface area contributed by atoms with Crippen LogP contribution in [0.2, 0.25) is 0 Å². The van der Waals surface area contributed by atoms with Gasteiger partial charge in [-0.1, -0.05) is 36.4 Å². The first-order valence-electron chi connectivity index (χ1n) is 8.94. The zero-order chi connectivity index (χ0) is 21.3. The molecule has 0 aliphatic rings. The molecule has 2 heterocycles. The minimum Gasteiger partial charge on any atom is -0.337 e. The molecule has 0 aliphatic heterocycles. The summed E-state index contributed by atoms with van der Waals surface area (Å²) in [5.74, 6) is -2.73. The highest BCUT2D eigenvalue weighted by Crippen LogP contribution is 2.34. The van der Waals surface area contributed by atoms with E-state index in [-0.39, 0.29) is 5.82 Å². The first-order valence-corrected chi connectivity index (χ1v) is 9.73. The van der Waals surface area contributed by atoms with Crippen LogP contribution >= 0.6 is 15.9 Å². The van der Waals surface area contributed by atoms with Gasteiger partial charge in [-0.25, -0.2) is 18.7 Å². The lowest BCUT2D eigenvalue weighted by Gasteiger charge is -2.07. The second-order valence-electron chi connectivity index (χ2n) is 6.50. The van der Waals surface area contributed by atoms with Gasteiger partial charge in [0.15, 0.2) is 5.82 Å². The summed E-state index contributed by atoms with van der Waals surface area (Å²) in [7, 11) is 1.89. The number of nitrogens with one attached hydrogen (secondary N) is 1. The fraction of sp³-hybridized carbons (Fsp3) is 0.0455. The molecule has 0 unspecified atom stereocenters. The first kappa shape index (κ1) is 19.9. The normalized spacial score (nSPS) is 10.8. The Hall–Kier alpha value is -3.39. The molecule has 0 fully saturated rings. The molecule has 2 aromatic carbocycles. The molecule has 1 N–H and O–H groups in total. The van der Waals surface area contributed by atoms with Crippen LogP contribution in [0.4, 0.5) is 14.6 Å². The third-order valence-electron chi connectivity index (χ3n) is 4.59. The number of hydrogen-bond acceptors (Lipinski definition) is 3. The molecule has 0 spiro atoms. The Morgan fingerprint density at radius 2 is 1.70 bits per heavy atom. The van der Waals surface area contributed by atoms with Gasteiger partial charge in [-0.15, -0.1) is 0 Å². The summed E-state index contributed by atoms with van der Waals surface area (Å²) >= 11 is 3.61. The van der Waals surface area contributed by atoms with Gasteiger partial charge in [0, 0.05) is 12.6 Å². The number of benzene rings is 2. The van der Waals surface area contributed by atoms with Gasteiger partial charge in [0.05, 0.1) is 22.7 Å². The van der Waals surface area contributed by atoms with Crippen molar-refractivity contribution in [1.29, 1.82) is 0 Å². The van der Waals surface area contributed by atoms with Crippen molar-refractivity contribution in [3.63, 3.8) is 0 Å². The number of halogens is 3. The second kappa shape index (κ2) is 8.16. The standard InChI is InChI=1S/C22H15BrF2N4O/c1-29-18(10-14(21(29)23)13-6-3-2-4-7-13)17-11-27-19(12-26-17)28-22(30)20-15(24)8-5-9-16(20)25/h2-12H,1H3,(H,27,28,30). The molecule has 0 saturated heterocycles. The van der Waals surface area contributed by atoms with Gasteiger partial charge in [-0.3, -0.25) is 4.79 Å². The summed E-state index contributed by atoms with van der Waals surface area (Å²) in [5.41, 5.74) is 2.78. The zero-order valence-electron chi connectivity index (χ0n) is 15.7. The molecule has 4 rings (SSSR count). The van der Waals surface area contributed by atoms with E-state index in [0.717, 1.165) is 33.6 Å². The summed E-state index contributed by atoms with van der Waals surface area (Å²) in [4.78, 5) is 20.7. The molecule has 5 nitrogen and oxygen atoms in total. The Morgan fingerprint density at radius 1 is 1.00 bits per heavy atom. The van der Waals surface area contributed by atoms with Gasteiger partial charge >= 0.3 is 0 Å². The fourth-order valence-electron chi connectivity index (χ4n) is 3.06. The number of rotatable bonds is 4. The molecule has 0 bridgehead atoms. The van der Waals surface area contributed by atoms with E-state index < -0.39 is 23.1 Å². The smallest absolute Gasteiger partial charge is 0.262 e. The van der Waals surface area contributed by atoms with E-state index in [0.29, 0.717) is 5.69 Å². The van der Waals surface area contributed by atoms with E-state index >= 15 is 0 Å². The third kappa shape index (κ3) is 3.73. The van der Waals surface area contributed by atoms with Gasteiger partial charge < -0.3 is 9.88 Å². The SMILES string of the molecule is Cn1c(-c2cnc(NC(=O)c3c(F)cccc3F)cn2)cc(-c2ccccc2)c1Br. The lowest BCUT2D eigenvalue weighted by atomic mass is 10.1. The molecular weight excluding hydrogens is 454 g/mol. The maximum absolute atomic E-state index is 13.8. The van der Waals surface area contributed by atoms with Crippen molar-refractivity contribution < 1.29 is 13.6 Å². The Kier molecular flexibility index (Phi) is 5.41. The van der Waals surface area contributed by atoms with Crippen LogP contribution in [0.25, 0.3) is 22.5 Å². The van der Waals surface area contributed by atoms with Crippen molar-refractivity contribution in [1.82, 2.24) is 14.5 Å². The number of carbonyl (C=O) groups excluding carboxylic acids is 1. The van der Waals surface area contributed by atoms with Crippen LogP contribution in [0.5, 0.6) is 0 Å². The summed E-state index contributed by atoms with van der Waals surface area (Å²) in [6, 6.07) is 15.1. The van der Waals surface area contributed by atoms with Crippen molar-refractivity contribution in [2.75, 3.05) is 5.32 Å². The molecule has 2 aromatic heterocycles. The zero-order valence-corrected chi connectivity index (χ0v) is 17.3. The number of nitrogens with zero attached hydrogens (tertiary/aromatic N) is 3. The summed E-state index contributed by atoms with van der Waals surface area (Å²) in [6.07, 6.45) is 2.83. The Balaban J connectivity index is 1.60. The van der Waals surface area contributed by atoms with Gasteiger partial charge in [0.2, 0.25) is 0 Å². The van der Waals surface area contributed by atoms with Crippen LogP contribution < -0.4 is 5.32 Å². The Bertz CT molecular complexity index is 1200. The van der Waals surface area contributed by atoms with Crippen molar-refractivity contribution in [3.05, 3.63) is 88.8 Å². The maximum Gasteiger partial charge on any atom is 0.262 e. The molecule has 150 valence electrons. The van der Waals surface area contributed by atoms with E-state index in [1.54, 1.807) is 0 Å². The molecule has 8 heteroatoms. The van der Waals surface area contributed by atoms with E-state index in [2.05, 4.69) is 31.2 Å². The molecule has 0 atom stereocenters. The van der Waals surface area contributed by atoms with Gasteiger partial charge in [0.1, 0.15) is 22.9 Å². The molecule has 0 radical (unpaired) electrons. The topological polar surface area (TPSA) is 59.8 Å². The first-order chi connectivity index (χ1) is 14.5. The predicted molar refractivity (Wildman–Crippen MR) is 114 cm³/mol. The van der Waals surface area contributed by atoms with Crippen LogP contribution in [0, 0.1) is 11.6 Å². The number of hydrogen-bond donors (Lipinski definition) is 1. The molecule has 0 aliphatic carbocycles. The van der Waals surface area contributed by atoms with Gasteiger partial charge in [-0.2, -0.15) is 0 Å². The van der Waals surface area contributed by atoms with Crippen molar-refractivity contribution >= 4 is 27.7 Å². The lowest BCUT2D eigenvalue weighted by molar-refractivity contribution is 0.101. The van der Waals surface area contributed by atoms with Crippen LogP contribution in [0.1, 0.15) is 10.4 Å². The quantitative estimate of drug-likeness (QED) is 0.433. The van der Waals surface area contributed by atoms with E-state index in [1.165, 1.54) is 18.5 Å². The minimum absolute atomic E-state index is 0.0861. The number of anilines is 1. The Morgan fingerprint density at radius 3 is 2.33 bits per heavy atom. The van der Waals surface area contributed by atoms with Crippen LogP contribution in [0.3, 0.4) is 0 Å².